The second-order valence-corrected chi connectivity index (χ2v) is 10.1. The Balaban J connectivity index is 1.64. The smallest absolute Gasteiger partial charge is 0.229 e. The van der Waals surface area contributed by atoms with Gasteiger partial charge in [-0.3, -0.25) is 9.59 Å². The molecule has 0 aliphatic carbocycles. The van der Waals surface area contributed by atoms with Gasteiger partial charge in [0.2, 0.25) is 11.8 Å². The van der Waals surface area contributed by atoms with E-state index >= 15 is 0 Å². The van der Waals surface area contributed by atoms with E-state index in [0.717, 1.165) is 18.6 Å². The molecule has 1 saturated heterocycles. The number of rotatable bonds is 8. The number of likely N-dealkylation sites (tertiary alicyclic amines) is 1. The van der Waals surface area contributed by atoms with Gasteiger partial charge in [0.25, 0.3) is 0 Å². The first kappa shape index (κ1) is 24.5. The van der Waals surface area contributed by atoms with Crippen LogP contribution < -0.4 is 10.1 Å². The number of nitrogens with zero attached hydrogens (tertiary/aromatic N) is 1. The summed E-state index contributed by atoms with van der Waals surface area (Å²) >= 11 is 5.91. The van der Waals surface area contributed by atoms with Gasteiger partial charge in [-0.25, -0.2) is 0 Å². The van der Waals surface area contributed by atoms with Gasteiger partial charge in [-0.15, -0.1) is 11.6 Å². The zero-order valence-corrected chi connectivity index (χ0v) is 19.8. The molecular formula is C24H37ClN2O3. The minimum absolute atomic E-state index is 0.0487. The predicted octanol–water partition coefficient (Wildman–Crippen LogP) is 4.52. The molecule has 1 aliphatic heterocycles. The van der Waals surface area contributed by atoms with Gasteiger partial charge >= 0.3 is 0 Å². The summed E-state index contributed by atoms with van der Waals surface area (Å²) in [6.07, 6.45) is 2.69. The molecule has 1 aliphatic rings. The molecule has 168 valence electrons. The Morgan fingerprint density at radius 1 is 1.10 bits per heavy atom. The fourth-order valence-electron chi connectivity index (χ4n) is 3.49. The minimum Gasteiger partial charge on any atom is -0.494 e. The molecule has 0 bridgehead atoms. The second kappa shape index (κ2) is 10.5. The van der Waals surface area contributed by atoms with Crippen LogP contribution in [0.3, 0.4) is 0 Å². The largest absolute Gasteiger partial charge is 0.494 e. The molecule has 0 radical (unpaired) electrons. The highest BCUT2D eigenvalue weighted by Crippen LogP contribution is 2.25. The maximum Gasteiger partial charge on any atom is 0.229 e. The van der Waals surface area contributed by atoms with Crippen LogP contribution in [0.2, 0.25) is 0 Å². The molecule has 1 fully saturated rings. The quantitative estimate of drug-likeness (QED) is 0.481. The van der Waals surface area contributed by atoms with Gasteiger partial charge in [0, 0.05) is 31.4 Å². The SMILES string of the molecule is CC(C)(CCl)C(=O)N1CCC(NC(=O)CCCOc2ccc(C(C)(C)C)cc2)CC1. The summed E-state index contributed by atoms with van der Waals surface area (Å²) in [6.45, 7) is 12.1. The number of carbonyl (C=O) groups excluding carboxylic acids is 2. The van der Waals surface area contributed by atoms with Crippen LogP contribution in [0.15, 0.2) is 24.3 Å². The Morgan fingerprint density at radius 3 is 2.23 bits per heavy atom. The summed E-state index contributed by atoms with van der Waals surface area (Å²) in [6, 6.07) is 8.29. The van der Waals surface area contributed by atoms with E-state index in [0.29, 0.717) is 38.4 Å². The molecule has 30 heavy (non-hydrogen) atoms. The van der Waals surface area contributed by atoms with Crippen LogP contribution in [0.4, 0.5) is 0 Å². The second-order valence-electron chi connectivity index (χ2n) is 9.88. The number of halogens is 1. The van der Waals surface area contributed by atoms with E-state index < -0.39 is 5.41 Å². The van der Waals surface area contributed by atoms with Gasteiger partial charge in [-0.05, 0) is 56.2 Å². The van der Waals surface area contributed by atoms with Crippen LogP contribution in [0.1, 0.15) is 65.9 Å². The predicted molar refractivity (Wildman–Crippen MR) is 122 cm³/mol. The fourth-order valence-corrected chi connectivity index (χ4v) is 3.60. The van der Waals surface area contributed by atoms with Gasteiger partial charge in [0.05, 0.1) is 12.0 Å². The number of carbonyl (C=O) groups is 2. The van der Waals surface area contributed by atoms with Crippen LogP contribution in [0.25, 0.3) is 0 Å². The Kier molecular flexibility index (Phi) is 8.60. The first-order chi connectivity index (χ1) is 14.0. The lowest BCUT2D eigenvalue weighted by molar-refractivity contribution is -0.140. The first-order valence-electron chi connectivity index (χ1n) is 10.9. The number of amides is 2. The molecule has 0 unspecified atom stereocenters. The molecule has 2 amide bonds. The van der Waals surface area contributed by atoms with Crippen LogP contribution in [-0.2, 0) is 15.0 Å². The standard InChI is InChI=1S/C24H37ClN2O3/c1-23(2,3)18-8-10-20(11-9-18)30-16-6-7-21(28)26-19-12-14-27(15-13-19)22(29)24(4,5)17-25/h8-11,19H,6-7,12-17H2,1-5H3,(H,26,28). The third-order valence-corrected chi connectivity index (χ3v) is 6.27. The molecule has 1 aromatic carbocycles. The molecule has 5 nitrogen and oxygen atoms in total. The summed E-state index contributed by atoms with van der Waals surface area (Å²) in [5.74, 6) is 1.29. The lowest BCUT2D eigenvalue weighted by atomic mass is 9.87. The molecule has 1 aromatic rings. The molecule has 6 heteroatoms. The van der Waals surface area contributed by atoms with Crippen molar-refractivity contribution in [2.24, 2.45) is 5.41 Å². The van der Waals surface area contributed by atoms with E-state index in [1.54, 1.807) is 0 Å². The summed E-state index contributed by atoms with van der Waals surface area (Å²) in [4.78, 5) is 26.6. The Hall–Kier alpha value is -1.75. The van der Waals surface area contributed by atoms with Crippen molar-refractivity contribution in [2.45, 2.75) is 71.8 Å². The topological polar surface area (TPSA) is 58.6 Å². The highest BCUT2D eigenvalue weighted by molar-refractivity contribution is 6.19. The molecule has 0 spiro atoms. The van der Waals surface area contributed by atoms with E-state index in [9.17, 15) is 9.59 Å². The lowest BCUT2D eigenvalue weighted by Gasteiger charge is -2.36. The van der Waals surface area contributed by atoms with Crippen LogP contribution in [-0.4, -0.2) is 48.3 Å². The average Bonchev–Trinajstić information content (AvgIpc) is 2.71. The van der Waals surface area contributed by atoms with E-state index in [1.807, 2.05) is 30.9 Å². The third-order valence-electron chi connectivity index (χ3n) is 5.60. The van der Waals surface area contributed by atoms with E-state index in [4.69, 9.17) is 16.3 Å². The van der Waals surface area contributed by atoms with E-state index in [-0.39, 0.29) is 23.3 Å². The summed E-state index contributed by atoms with van der Waals surface area (Å²) in [5.41, 5.74) is 0.860. The van der Waals surface area contributed by atoms with Crippen molar-refractivity contribution in [1.29, 1.82) is 0 Å². The molecule has 1 heterocycles. The summed E-state index contributed by atoms with van der Waals surface area (Å²) in [5, 5.41) is 3.10. The average molecular weight is 437 g/mol. The minimum atomic E-state index is -0.537. The summed E-state index contributed by atoms with van der Waals surface area (Å²) < 4.78 is 5.76. The number of benzene rings is 1. The van der Waals surface area contributed by atoms with Crippen molar-refractivity contribution in [3.05, 3.63) is 29.8 Å². The maximum absolute atomic E-state index is 12.5. The molecule has 0 aromatic heterocycles. The third kappa shape index (κ3) is 7.19. The van der Waals surface area contributed by atoms with Crippen LogP contribution >= 0.6 is 11.6 Å². The van der Waals surface area contributed by atoms with Crippen molar-refractivity contribution in [2.75, 3.05) is 25.6 Å². The first-order valence-corrected chi connectivity index (χ1v) is 11.4. The molecule has 1 N–H and O–H groups in total. The van der Waals surface area contributed by atoms with Gasteiger partial charge in [-0.1, -0.05) is 32.9 Å². The normalized spacial score (nSPS) is 15.7. The highest BCUT2D eigenvalue weighted by atomic mass is 35.5. The van der Waals surface area contributed by atoms with Crippen molar-refractivity contribution >= 4 is 23.4 Å². The summed E-state index contributed by atoms with van der Waals surface area (Å²) in [7, 11) is 0. The molecule has 2 rings (SSSR count). The van der Waals surface area contributed by atoms with Crippen LogP contribution in [0.5, 0.6) is 5.75 Å². The monoisotopic (exact) mass is 436 g/mol. The van der Waals surface area contributed by atoms with Gasteiger partial charge in [-0.2, -0.15) is 0 Å². The number of nitrogens with one attached hydrogen (secondary N) is 1. The lowest BCUT2D eigenvalue weighted by Crippen LogP contribution is -2.50. The molecule has 0 saturated carbocycles. The molecular weight excluding hydrogens is 400 g/mol. The van der Waals surface area contributed by atoms with Crippen LogP contribution in [0, 0.1) is 5.41 Å². The van der Waals surface area contributed by atoms with Crippen molar-refractivity contribution < 1.29 is 14.3 Å². The number of ether oxygens (including phenoxy) is 1. The Labute approximate surface area is 186 Å². The van der Waals surface area contributed by atoms with Gasteiger partial charge in [0.15, 0.2) is 0 Å². The highest BCUT2D eigenvalue weighted by Gasteiger charge is 2.33. The maximum atomic E-state index is 12.5. The van der Waals surface area contributed by atoms with Crippen molar-refractivity contribution in [3.8, 4) is 5.75 Å². The Bertz CT molecular complexity index is 702. The van der Waals surface area contributed by atoms with Gasteiger partial charge < -0.3 is 15.0 Å². The van der Waals surface area contributed by atoms with Crippen molar-refractivity contribution in [1.82, 2.24) is 10.2 Å². The van der Waals surface area contributed by atoms with E-state index in [2.05, 4.69) is 38.2 Å². The van der Waals surface area contributed by atoms with Gasteiger partial charge in [0.1, 0.15) is 5.75 Å². The van der Waals surface area contributed by atoms with E-state index in [1.165, 1.54) is 5.56 Å². The Morgan fingerprint density at radius 2 is 1.70 bits per heavy atom. The number of piperidine rings is 1. The molecule has 0 atom stereocenters. The zero-order chi connectivity index (χ0) is 22.4. The fraction of sp³-hybridized carbons (Fsp3) is 0.667. The van der Waals surface area contributed by atoms with Crippen molar-refractivity contribution in [3.63, 3.8) is 0 Å². The number of hydrogen-bond donors (Lipinski definition) is 1. The zero-order valence-electron chi connectivity index (χ0n) is 19.1. The number of hydrogen-bond acceptors (Lipinski definition) is 3. The number of alkyl halides is 1.